The minimum Gasteiger partial charge on any atom is -0.465 e. The zero-order valence-electron chi connectivity index (χ0n) is 12.7. The lowest BCUT2D eigenvalue weighted by molar-refractivity contribution is 0.0168. The van der Waals surface area contributed by atoms with Crippen LogP contribution in [0.3, 0.4) is 0 Å². The number of ether oxygens (including phenoxy) is 2. The van der Waals surface area contributed by atoms with Gasteiger partial charge < -0.3 is 9.47 Å². The van der Waals surface area contributed by atoms with Crippen LogP contribution >= 0.6 is 0 Å². The fourth-order valence-electron chi connectivity index (χ4n) is 3.16. The topological polar surface area (TPSA) is 35.5 Å². The number of esters is 1. The maximum Gasteiger partial charge on any atom is 0.337 e. The first-order valence-corrected chi connectivity index (χ1v) is 8.06. The molecule has 1 aromatic carbocycles. The first kappa shape index (κ1) is 14.6. The summed E-state index contributed by atoms with van der Waals surface area (Å²) >= 11 is 0. The summed E-state index contributed by atoms with van der Waals surface area (Å²) in [5.74, 6) is 1.13. The van der Waals surface area contributed by atoms with E-state index in [-0.39, 0.29) is 5.97 Å². The standard InChI is InChI=1S/C18H24O3/c1-20-18(19)15-9-7-14(8-10-15)16-3-2-4-17(11-16)21-12-13-5-6-13/h7-10,13,16-17H,2-6,11-12H2,1H3/t16-,17-/m0/s1. The van der Waals surface area contributed by atoms with E-state index in [2.05, 4.69) is 12.1 Å². The predicted octanol–water partition coefficient (Wildman–Crippen LogP) is 3.93. The molecule has 2 aliphatic rings. The van der Waals surface area contributed by atoms with Gasteiger partial charge in [-0.1, -0.05) is 18.6 Å². The van der Waals surface area contributed by atoms with Crippen LogP contribution in [0, 0.1) is 5.92 Å². The number of methoxy groups -OCH3 is 1. The summed E-state index contributed by atoms with van der Waals surface area (Å²) in [4.78, 5) is 11.5. The number of hydrogen-bond acceptors (Lipinski definition) is 3. The van der Waals surface area contributed by atoms with E-state index in [1.165, 1.54) is 44.8 Å². The summed E-state index contributed by atoms with van der Waals surface area (Å²) < 4.78 is 10.8. The molecular weight excluding hydrogens is 264 g/mol. The molecule has 0 aliphatic heterocycles. The molecule has 0 aromatic heterocycles. The lowest BCUT2D eigenvalue weighted by atomic mass is 9.82. The third-order valence-electron chi connectivity index (χ3n) is 4.69. The molecule has 0 spiro atoms. The number of carbonyl (C=O) groups is 1. The Bertz CT molecular complexity index is 476. The minimum absolute atomic E-state index is 0.268. The SMILES string of the molecule is COC(=O)c1ccc([C@H]2CCC[C@H](OCC3CC3)C2)cc1. The van der Waals surface area contributed by atoms with Crippen molar-refractivity contribution >= 4 is 5.97 Å². The van der Waals surface area contributed by atoms with E-state index in [1.54, 1.807) is 0 Å². The third kappa shape index (κ3) is 3.85. The van der Waals surface area contributed by atoms with Crippen LogP contribution < -0.4 is 0 Å². The second-order valence-electron chi connectivity index (χ2n) is 6.38. The molecule has 2 atom stereocenters. The summed E-state index contributed by atoms with van der Waals surface area (Å²) in [6.45, 7) is 0.957. The highest BCUT2D eigenvalue weighted by molar-refractivity contribution is 5.89. The molecular formula is C18H24O3. The first-order chi connectivity index (χ1) is 10.3. The highest BCUT2D eigenvalue weighted by Gasteiger charge is 2.27. The van der Waals surface area contributed by atoms with Gasteiger partial charge in [0.1, 0.15) is 0 Å². The molecule has 21 heavy (non-hydrogen) atoms. The highest BCUT2D eigenvalue weighted by Crippen LogP contribution is 2.36. The number of carbonyl (C=O) groups excluding carboxylic acids is 1. The van der Waals surface area contributed by atoms with Gasteiger partial charge in [-0.15, -0.1) is 0 Å². The summed E-state index contributed by atoms with van der Waals surface area (Å²) in [5.41, 5.74) is 1.95. The Hall–Kier alpha value is -1.35. The van der Waals surface area contributed by atoms with Gasteiger partial charge >= 0.3 is 5.97 Å². The zero-order chi connectivity index (χ0) is 14.7. The first-order valence-electron chi connectivity index (χ1n) is 8.06. The molecule has 2 fully saturated rings. The minimum atomic E-state index is -0.268. The van der Waals surface area contributed by atoms with Crippen molar-refractivity contribution in [3.8, 4) is 0 Å². The molecule has 2 saturated carbocycles. The zero-order valence-corrected chi connectivity index (χ0v) is 12.7. The van der Waals surface area contributed by atoms with Crippen molar-refractivity contribution in [2.24, 2.45) is 5.92 Å². The van der Waals surface area contributed by atoms with Gasteiger partial charge in [-0.25, -0.2) is 4.79 Å². The molecule has 0 bridgehead atoms. The highest BCUT2D eigenvalue weighted by atomic mass is 16.5. The molecule has 0 amide bonds. The van der Waals surface area contributed by atoms with E-state index in [0.717, 1.165) is 18.9 Å². The van der Waals surface area contributed by atoms with Crippen molar-refractivity contribution in [3.05, 3.63) is 35.4 Å². The molecule has 0 unspecified atom stereocenters. The Morgan fingerprint density at radius 3 is 2.57 bits per heavy atom. The van der Waals surface area contributed by atoms with Gasteiger partial charge in [0.05, 0.1) is 18.8 Å². The van der Waals surface area contributed by atoms with Crippen molar-refractivity contribution in [2.75, 3.05) is 13.7 Å². The van der Waals surface area contributed by atoms with Crippen LogP contribution in [0.15, 0.2) is 24.3 Å². The van der Waals surface area contributed by atoms with Crippen LogP contribution in [0.4, 0.5) is 0 Å². The average Bonchev–Trinajstić information content (AvgIpc) is 3.37. The molecule has 0 saturated heterocycles. The summed E-state index contributed by atoms with van der Waals surface area (Å²) in [6, 6.07) is 7.88. The van der Waals surface area contributed by atoms with Gasteiger partial charge in [0.25, 0.3) is 0 Å². The van der Waals surface area contributed by atoms with Gasteiger partial charge in [0.15, 0.2) is 0 Å². The van der Waals surface area contributed by atoms with Crippen LogP contribution in [-0.4, -0.2) is 25.8 Å². The molecule has 3 nitrogen and oxygen atoms in total. The van der Waals surface area contributed by atoms with Crippen LogP contribution in [-0.2, 0) is 9.47 Å². The lowest BCUT2D eigenvalue weighted by Crippen LogP contribution is -2.22. The maximum absolute atomic E-state index is 11.5. The lowest BCUT2D eigenvalue weighted by Gasteiger charge is -2.29. The second-order valence-corrected chi connectivity index (χ2v) is 6.38. The van der Waals surface area contributed by atoms with Gasteiger partial charge in [-0.2, -0.15) is 0 Å². The van der Waals surface area contributed by atoms with Crippen LogP contribution in [0.25, 0.3) is 0 Å². The molecule has 0 radical (unpaired) electrons. The summed E-state index contributed by atoms with van der Waals surface area (Å²) in [7, 11) is 1.42. The molecule has 0 N–H and O–H groups in total. The van der Waals surface area contributed by atoms with E-state index < -0.39 is 0 Å². The fourth-order valence-corrected chi connectivity index (χ4v) is 3.16. The van der Waals surface area contributed by atoms with E-state index in [9.17, 15) is 4.79 Å². The predicted molar refractivity (Wildman–Crippen MR) is 81.5 cm³/mol. The van der Waals surface area contributed by atoms with Gasteiger partial charge in [-0.05, 0) is 61.6 Å². The molecule has 2 aliphatic carbocycles. The van der Waals surface area contributed by atoms with Gasteiger partial charge in [0.2, 0.25) is 0 Å². The van der Waals surface area contributed by atoms with Gasteiger partial charge in [-0.3, -0.25) is 0 Å². The molecule has 3 rings (SSSR count). The normalized spacial score (nSPS) is 25.6. The third-order valence-corrected chi connectivity index (χ3v) is 4.69. The van der Waals surface area contributed by atoms with E-state index in [1.807, 2.05) is 12.1 Å². The van der Waals surface area contributed by atoms with Crippen molar-refractivity contribution in [2.45, 2.75) is 50.5 Å². The summed E-state index contributed by atoms with van der Waals surface area (Å²) in [6.07, 6.45) is 7.90. The summed E-state index contributed by atoms with van der Waals surface area (Å²) in [5, 5.41) is 0. The Labute approximate surface area is 126 Å². The Balaban J connectivity index is 1.58. The van der Waals surface area contributed by atoms with Crippen molar-refractivity contribution in [1.82, 2.24) is 0 Å². The molecule has 0 heterocycles. The average molecular weight is 288 g/mol. The molecule has 114 valence electrons. The molecule has 3 heteroatoms. The number of rotatable bonds is 5. The number of benzene rings is 1. The van der Waals surface area contributed by atoms with E-state index in [4.69, 9.17) is 9.47 Å². The largest absolute Gasteiger partial charge is 0.465 e. The van der Waals surface area contributed by atoms with Crippen molar-refractivity contribution in [3.63, 3.8) is 0 Å². The Kier molecular flexibility index (Phi) is 4.59. The van der Waals surface area contributed by atoms with Crippen LogP contribution in [0.2, 0.25) is 0 Å². The van der Waals surface area contributed by atoms with Crippen molar-refractivity contribution in [1.29, 1.82) is 0 Å². The van der Waals surface area contributed by atoms with Gasteiger partial charge in [0, 0.05) is 6.61 Å². The fraction of sp³-hybridized carbons (Fsp3) is 0.611. The molecule has 1 aromatic rings. The number of hydrogen-bond donors (Lipinski definition) is 0. The van der Waals surface area contributed by atoms with E-state index >= 15 is 0 Å². The van der Waals surface area contributed by atoms with Crippen molar-refractivity contribution < 1.29 is 14.3 Å². The smallest absolute Gasteiger partial charge is 0.337 e. The quantitative estimate of drug-likeness (QED) is 0.770. The van der Waals surface area contributed by atoms with Crippen LogP contribution in [0.1, 0.15) is 60.4 Å². The van der Waals surface area contributed by atoms with Crippen LogP contribution in [0.5, 0.6) is 0 Å². The maximum atomic E-state index is 11.5. The van der Waals surface area contributed by atoms with E-state index in [0.29, 0.717) is 17.6 Å². The monoisotopic (exact) mass is 288 g/mol. The second kappa shape index (κ2) is 6.61. The Morgan fingerprint density at radius 2 is 1.90 bits per heavy atom. The Morgan fingerprint density at radius 1 is 1.14 bits per heavy atom.